The number of fused-ring (bicyclic) bond motifs is 1. The van der Waals surface area contributed by atoms with Gasteiger partial charge in [-0.15, -0.1) is 0 Å². The summed E-state index contributed by atoms with van der Waals surface area (Å²) in [5, 5.41) is 0. The number of rotatable bonds is 2. The zero-order chi connectivity index (χ0) is 11.9. The van der Waals surface area contributed by atoms with Gasteiger partial charge < -0.3 is 14.2 Å². The van der Waals surface area contributed by atoms with E-state index in [-0.39, 0.29) is 11.7 Å². The Bertz CT molecular complexity index is 455. The highest BCUT2D eigenvalue weighted by Crippen LogP contribution is 2.34. The number of benzene rings is 1. The van der Waals surface area contributed by atoms with E-state index in [0.717, 1.165) is 23.5 Å². The zero-order valence-corrected chi connectivity index (χ0v) is 10.1. The molecule has 1 fully saturated rings. The average Bonchev–Trinajstić information content (AvgIpc) is 2.70. The summed E-state index contributed by atoms with van der Waals surface area (Å²) in [6.07, 6.45) is 5.49. The molecule has 0 spiro atoms. The Morgan fingerprint density at radius 3 is 2.76 bits per heavy atom. The molecule has 2 aliphatic heterocycles. The molecule has 1 aromatic carbocycles. The Hall–Kier alpha value is -1.48. The van der Waals surface area contributed by atoms with Crippen LogP contribution in [0.2, 0.25) is 0 Å². The van der Waals surface area contributed by atoms with Crippen LogP contribution in [0.25, 0.3) is 6.08 Å². The molecule has 90 valence electrons. The maximum Gasteiger partial charge on any atom is 0.231 e. The molecule has 2 heterocycles. The summed E-state index contributed by atoms with van der Waals surface area (Å²) in [6.45, 7) is 4.54. The summed E-state index contributed by atoms with van der Waals surface area (Å²) in [5.41, 5.74) is 1.16. The minimum Gasteiger partial charge on any atom is -0.454 e. The summed E-state index contributed by atoms with van der Waals surface area (Å²) >= 11 is 0. The van der Waals surface area contributed by atoms with E-state index < -0.39 is 0 Å². The summed E-state index contributed by atoms with van der Waals surface area (Å²) in [4.78, 5) is 0. The third-order valence-corrected chi connectivity index (χ3v) is 3.06. The standard InChI is InChI=1S/C14H16O3/c1-14(2)8-11(17-14)5-3-10-4-6-12-13(7-10)16-9-15-12/h3-7,11H,8-9H2,1-2H3/b5-3+. The lowest BCUT2D eigenvalue weighted by Gasteiger charge is -2.41. The van der Waals surface area contributed by atoms with Crippen molar-refractivity contribution >= 4 is 6.08 Å². The van der Waals surface area contributed by atoms with Crippen molar-refractivity contribution in [2.45, 2.75) is 32.0 Å². The predicted octanol–water partition coefficient (Wildman–Crippen LogP) is 3.00. The van der Waals surface area contributed by atoms with Crippen molar-refractivity contribution < 1.29 is 14.2 Å². The van der Waals surface area contributed by atoms with Crippen LogP contribution >= 0.6 is 0 Å². The van der Waals surface area contributed by atoms with Gasteiger partial charge in [0, 0.05) is 6.42 Å². The fraction of sp³-hybridized carbons (Fsp3) is 0.429. The van der Waals surface area contributed by atoms with Gasteiger partial charge in [-0.05, 0) is 31.5 Å². The van der Waals surface area contributed by atoms with Gasteiger partial charge in [-0.2, -0.15) is 0 Å². The van der Waals surface area contributed by atoms with E-state index in [2.05, 4.69) is 26.0 Å². The van der Waals surface area contributed by atoms with Gasteiger partial charge in [-0.25, -0.2) is 0 Å². The molecule has 1 saturated heterocycles. The van der Waals surface area contributed by atoms with E-state index in [9.17, 15) is 0 Å². The maximum absolute atomic E-state index is 5.70. The molecule has 3 heteroatoms. The highest BCUT2D eigenvalue weighted by Gasteiger charge is 2.35. The summed E-state index contributed by atoms with van der Waals surface area (Å²) in [7, 11) is 0. The molecule has 2 aliphatic rings. The fourth-order valence-corrected chi connectivity index (χ4v) is 2.23. The minimum atomic E-state index is 0.0455. The van der Waals surface area contributed by atoms with E-state index in [1.54, 1.807) is 0 Å². The molecule has 0 bridgehead atoms. The first-order valence-corrected chi connectivity index (χ1v) is 5.88. The largest absolute Gasteiger partial charge is 0.454 e. The van der Waals surface area contributed by atoms with Crippen LogP contribution in [0.5, 0.6) is 11.5 Å². The second-order valence-corrected chi connectivity index (χ2v) is 5.09. The number of hydrogen-bond acceptors (Lipinski definition) is 3. The zero-order valence-electron chi connectivity index (χ0n) is 10.1. The lowest BCUT2D eigenvalue weighted by atomic mass is 9.93. The van der Waals surface area contributed by atoms with Gasteiger partial charge in [0.1, 0.15) is 0 Å². The first-order valence-electron chi connectivity index (χ1n) is 5.88. The van der Waals surface area contributed by atoms with Crippen molar-refractivity contribution in [1.29, 1.82) is 0 Å². The average molecular weight is 232 g/mol. The predicted molar refractivity (Wildman–Crippen MR) is 65.2 cm³/mol. The Labute approximate surface area is 101 Å². The SMILES string of the molecule is CC1(C)CC(/C=C/c2ccc3c(c2)OCO3)O1. The van der Waals surface area contributed by atoms with Crippen molar-refractivity contribution in [1.82, 2.24) is 0 Å². The third kappa shape index (κ3) is 2.15. The van der Waals surface area contributed by atoms with Gasteiger partial charge in [-0.1, -0.05) is 18.2 Å². The van der Waals surface area contributed by atoms with Crippen LogP contribution < -0.4 is 9.47 Å². The van der Waals surface area contributed by atoms with Crippen LogP contribution in [0.15, 0.2) is 24.3 Å². The molecule has 0 amide bonds. The smallest absolute Gasteiger partial charge is 0.231 e. The van der Waals surface area contributed by atoms with Crippen LogP contribution in [-0.4, -0.2) is 18.5 Å². The van der Waals surface area contributed by atoms with Gasteiger partial charge in [0.15, 0.2) is 11.5 Å². The van der Waals surface area contributed by atoms with E-state index in [1.807, 2.05) is 18.2 Å². The van der Waals surface area contributed by atoms with Crippen LogP contribution in [0.3, 0.4) is 0 Å². The van der Waals surface area contributed by atoms with Gasteiger partial charge >= 0.3 is 0 Å². The molecule has 1 unspecified atom stereocenters. The summed E-state index contributed by atoms with van der Waals surface area (Å²) < 4.78 is 16.3. The van der Waals surface area contributed by atoms with Crippen molar-refractivity contribution in [3.8, 4) is 11.5 Å². The van der Waals surface area contributed by atoms with Gasteiger partial charge in [-0.3, -0.25) is 0 Å². The van der Waals surface area contributed by atoms with E-state index >= 15 is 0 Å². The molecule has 0 radical (unpaired) electrons. The molecular weight excluding hydrogens is 216 g/mol. The molecule has 0 aliphatic carbocycles. The first kappa shape index (κ1) is 10.7. The second kappa shape index (κ2) is 3.77. The summed E-state index contributed by atoms with van der Waals surface area (Å²) in [6, 6.07) is 5.95. The lowest BCUT2D eigenvalue weighted by Crippen LogP contribution is -2.44. The Morgan fingerprint density at radius 1 is 1.24 bits per heavy atom. The van der Waals surface area contributed by atoms with Crippen molar-refractivity contribution in [2.75, 3.05) is 6.79 Å². The first-order chi connectivity index (χ1) is 8.12. The molecule has 1 aromatic rings. The van der Waals surface area contributed by atoms with Crippen molar-refractivity contribution in [2.24, 2.45) is 0 Å². The fourth-order valence-electron chi connectivity index (χ4n) is 2.23. The monoisotopic (exact) mass is 232 g/mol. The maximum atomic E-state index is 5.70. The van der Waals surface area contributed by atoms with E-state index in [4.69, 9.17) is 14.2 Å². The Kier molecular flexibility index (Phi) is 2.37. The molecule has 3 rings (SSSR count). The Morgan fingerprint density at radius 2 is 2.00 bits per heavy atom. The van der Waals surface area contributed by atoms with Crippen LogP contribution in [0.4, 0.5) is 0 Å². The van der Waals surface area contributed by atoms with Crippen LogP contribution in [0, 0.1) is 0 Å². The highest BCUT2D eigenvalue weighted by molar-refractivity contribution is 5.56. The normalized spacial score (nSPS) is 24.9. The lowest BCUT2D eigenvalue weighted by molar-refractivity contribution is -0.161. The quantitative estimate of drug-likeness (QED) is 0.784. The molecule has 17 heavy (non-hydrogen) atoms. The van der Waals surface area contributed by atoms with Crippen LogP contribution in [-0.2, 0) is 4.74 Å². The molecule has 1 atom stereocenters. The number of hydrogen-bond donors (Lipinski definition) is 0. The van der Waals surface area contributed by atoms with Gasteiger partial charge in [0.25, 0.3) is 0 Å². The molecule has 0 aromatic heterocycles. The second-order valence-electron chi connectivity index (χ2n) is 5.09. The highest BCUT2D eigenvalue weighted by atomic mass is 16.7. The molecule has 0 saturated carbocycles. The minimum absolute atomic E-state index is 0.0455. The van der Waals surface area contributed by atoms with E-state index in [1.165, 1.54) is 0 Å². The van der Waals surface area contributed by atoms with E-state index in [0.29, 0.717) is 6.79 Å². The third-order valence-electron chi connectivity index (χ3n) is 3.06. The van der Waals surface area contributed by atoms with Crippen LogP contribution in [0.1, 0.15) is 25.8 Å². The topological polar surface area (TPSA) is 27.7 Å². The van der Waals surface area contributed by atoms with Crippen molar-refractivity contribution in [3.05, 3.63) is 29.8 Å². The van der Waals surface area contributed by atoms with Gasteiger partial charge in [0.2, 0.25) is 6.79 Å². The van der Waals surface area contributed by atoms with Crippen molar-refractivity contribution in [3.63, 3.8) is 0 Å². The van der Waals surface area contributed by atoms with Gasteiger partial charge in [0.05, 0.1) is 11.7 Å². The Balaban J connectivity index is 1.68. The number of ether oxygens (including phenoxy) is 3. The summed E-state index contributed by atoms with van der Waals surface area (Å²) in [5.74, 6) is 1.64. The molecule has 3 nitrogen and oxygen atoms in total. The molecular formula is C14H16O3. The molecule has 0 N–H and O–H groups in total.